The molecule has 0 bridgehead atoms. The third kappa shape index (κ3) is 6.07. The molecular formula is C41H26BF3O8S. The number of alkyl halides is 3. The number of furan rings is 4. The number of fused-ring (bicyclic) bond motifs is 8. The molecule has 268 valence electrons. The standard InChI is InChI=1S/C20H12O2.C13H7F3O3S.C8H7BO3/c1-3-9-17-13(6-1)16(12-21-17)14-8-5-11-19-20(14)15-7-2-4-10-18(15)22-19;14-13(15,16)20(17,18)11-7-3-6-10-12(11)8-4-1-2-5-9(8)19-10;10-9(11)7-5-12-8-4-2-1-3-6(7)8/h1-12H;1-7H;1-5,10-11H. The second kappa shape index (κ2) is 13.6. The van der Waals surface area contributed by atoms with Crippen molar-refractivity contribution in [3.8, 4) is 11.1 Å². The fourth-order valence-corrected chi connectivity index (χ4v) is 7.46. The Morgan fingerprint density at radius 3 is 1.56 bits per heavy atom. The smallest absolute Gasteiger partial charge is 0.465 e. The zero-order chi connectivity index (χ0) is 37.6. The van der Waals surface area contributed by atoms with Crippen molar-refractivity contribution in [3.05, 3.63) is 146 Å². The van der Waals surface area contributed by atoms with Gasteiger partial charge in [0.25, 0.3) is 9.84 Å². The van der Waals surface area contributed by atoms with Gasteiger partial charge in [-0.1, -0.05) is 91.0 Å². The summed E-state index contributed by atoms with van der Waals surface area (Å²) >= 11 is 0. The average molecular weight is 747 g/mol. The molecule has 0 saturated heterocycles. The van der Waals surface area contributed by atoms with Gasteiger partial charge in [0.05, 0.1) is 17.4 Å². The molecule has 0 aliphatic carbocycles. The van der Waals surface area contributed by atoms with Gasteiger partial charge in [0, 0.05) is 43.3 Å². The molecule has 2 N–H and O–H groups in total. The quantitative estimate of drug-likeness (QED) is 0.171. The largest absolute Gasteiger partial charge is 0.501 e. The summed E-state index contributed by atoms with van der Waals surface area (Å²) in [6, 6.07) is 39.6. The van der Waals surface area contributed by atoms with Crippen LogP contribution in [0.25, 0.3) is 76.9 Å². The maximum atomic E-state index is 12.7. The molecule has 13 heteroatoms. The van der Waals surface area contributed by atoms with E-state index in [1.807, 2.05) is 66.9 Å². The Hall–Kier alpha value is -6.28. The monoisotopic (exact) mass is 746 g/mol. The van der Waals surface area contributed by atoms with Gasteiger partial charge in [0.15, 0.2) is 0 Å². The highest BCUT2D eigenvalue weighted by molar-refractivity contribution is 7.92. The Balaban J connectivity index is 0.000000120. The Morgan fingerprint density at radius 1 is 0.481 bits per heavy atom. The van der Waals surface area contributed by atoms with Gasteiger partial charge in [-0.05, 0) is 48.0 Å². The molecule has 0 amide bonds. The molecule has 10 rings (SSSR count). The average Bonchev–Trinajstić information content (AvgIpc) is 3.97. The van der Waals surface area contributed by atoms with Crippen molar-refractivity contribution in [1.82, 2.24) is 0 Å². The molecule has 54 heavy (non-hydrogen) atoms. The molecule has 0 atom stereocenters. The van der Waals surface area contributed by atoms with Crippen LogP contribution in [0.2, 0.25) is 0 Å². The van der Waals surface area contributed by atoms with Crippen molar-refractivity contribution in [2.45, 2.75) is 10.4 Å². The number of para-hydroxylation sites is 4. The minimum absolute atomic E-state index is 0.0413. The Morgan fingerprint density at radius 2 is 0.944 bits per heavy atom. The fraction of sp³-hybridized carbons (Fsp3) is 0.0244. The summed E-state index contributed by atoms with van der Waals surface area (Å²) in [5.41, 5.74) is 1.15. The summed E-state index contributed by atoms with van der Waals surface area (Å²) < 4.78 is 83.6. The zero-order valence-electron chi connectivity index (χ0n) is 27.8. The molecule has 0 fully saturated rings. The number of benzene rings is 6. The van der Waals surface area contributed by atoms with Crippen molar-refractivity contribution in [3.63, 3.8) is 0 Å². The number of rotatable bonds is 3. The number of hydrogen-bond donors (Lipinski definition) is 2. The van der Waals surface area contributed by atoms with Crippen LogP contribution >= 0.6 is 0 Å². The van der Waals surface area contributed by atoms with E-state index in [1.54, 1.807) is 30.3 Å². The molecule has 6 aromatic carbocycles. The molecule has 0 spiro atoms. The molecule has 0 radical (unpaired) electrons. The van der Waals surface area contributed by atoms with Gasteiger partial charge in [-0.2, -0.15) is 13.2 Å². The van der Waals surface area contributed by atoms with Crippen LogP contribution in [0, 0.1) is 0 Å². The van der Waals surface area contributed by atoms with Crippen LogP contribution in [0.3, 0.4) is 0 Å². The third-order valence-corrected chi connectivity index (χ3v) is 10.4. The third-order valence-electron chi connectivity index (χ3n) is 8.92. The molecule has 10 aromatic rings. The van der Waals surface area contributed by atoms with Crippen LogP contribution in [0.5, 0.6) is 0 Å². The normalized spacial score (nSPS) is 11.9. The summed E-state index contributed by atoms with van der Waals surface area (Å²) in [6.07, 6.45) is 3.19. The molecular weight excluding hydrogens is 720 g/mol. The molecule has 0 unspecified atom stereocenters. The van der Waals surface area contributed by atoms with E-state index in [2.05, 4.69) is 18.2 Å². The van der Waals surface area contributed by atoms with E-state index < -0.39 is 27.4 Å². The summed E-state index contributed by atoms with van der Waals surface area (Å²) in [4.78, 5) is -0.785. The highest BCUT2D eigenvalue weighted by atomic mass is 32.2. The summed E-state index contributed by atoms with van der Waals surface area (Å²) in [7, 11) is -6.89. The van der Waals surface area contributed by atoms with E-state index in [4.69, 9.17) is 27.7 Å². The Kier molecular flexibility index (Phi) is 8.77. The molecule has 0 aliphatic heterocycles. The van der Waals surface area contributed by atoms with Gasteiger partial charge in [0.1, 0.15) is 33.5 Å². The first kappa shape index (κ1) is 34.8. The number of sulfone groups is 1. The van der Waals surface area contributed by atoms with Crippen LogP contribution in [0.4, 0.5) is 13.2 Å². The van der Waals surface area contributed by atoms with E-state index >= 15 is 0 Å². The van der Waals surface area contributed by atoms with Crippen molar-refractivity contribution < 1.29 is 49.3 Å². The highest BCUT2D eigenvalue weighted by Crippen LogP contribution is 2.40. The van der Waals surface area contributed by atoms with Crippen LogP contribution in [0.15, 0.2) is 169 Å². The maximum Gasteiger partial charge on any atom is 0.501 e. The van der Waals surface area contributed by atoms with Gasteiger partial charge in [-0.15, -0.1) is 0 Å². The summed E-state index contributed by atoms with van der Waals surface area (Å²) in [5, 5.41) is 22.3. The Labute approximate surface area is 304 Å². The SMILES string of the molecule is O=S(=O)(c1cccc2oc3ccccc3c12)C(F)(F)F.OB(O)c1coc2ccccc12.c1ccc2c(-c3cccc4oc5ccccc5c34)coc2c1. The molecule has 8 nitrogen and oxygen atoms in total. The summed E-state index contributed by atoms with van der Waals surface area (Å²) in [6.45, 7) is 0. The molecule has 4 heterocycles. The lowest BCUT2D eigenvalue weighted by Crippen LogP contribution is -2.28. The van der Waals surface area contributed by atoms with Crippen LogP contribution in [0.1, 0.15) is 0 Å². The van der Waals surface area contributed by atoms with E-state index in [0.29, 0.717) is 22.0 Å². The van der Waals surface area contributed by atoms with E-state index in [0.717, 1.165) is 55.5 Å². The molecule has 0 saturated carbocycles. The fourth-order valence-electron chi connectivity index (χ4n) is 6.47. The predicted octanol–water partition coefficient (Wildman–Crippen LogP) is 9.99. The summed E-state index contributed by atoms with van der Waals surface area (Å²) in [5.74, 6) is 0. The lowest BCUT2D eigenvalue weighted by atomic mass is 9.80. The first-order valence-corrected chi connectivity index (χ1v) is 17.9. The number of hydrogen-bond acceptors (Lipinski definition) is 8. The van der Waals surface area contributed by atoms with Crippen molar-refractivity contribution in [2.75, 3.05) is 0 Å². The Bertz CT molecular complexity index is 3060. The second-order valence-corrected chi connectivity index (χ2v) is 14.1. The van der Waals surface area contributed by atoms with Crippen LogP contribution < -0.4 is 5.46 Å². The predicted molar refractivity (Wildman–Crippen MR) is 202 cm³/mol. The molecule has 4 aromatic heterocycles. The number of halogens is 3. The van der Waals surface area contributed by atoms with Gasteiger partial charge in [0.2, 0.25) is 0 Å². The first-order valence-electron chi connectivity index (χ1n) is 16.4. The van der Waals surface area contributed by atoms with E-state index in [-0.39, 0.29) is 11.0 Å². The van der Waals surface area contributed by atoms with Gasteiger partial charge < -0.3 is 27.7 Å². The second-order valence-electron chi connectivity index (χ2n) is 12.2. The van der Waals surface area contributed by atoms with Gasteiger partial charge in [-0.25, -0.2) is 8.42 Å². The topological polar surface area (TPSA) is 127 Å². The van der Waals surface area contributed by atoms with E-state index in [1.165, 1.54) is 24.5 Å². The van der Waals surface area contributed by atoms with Crippen molar-refractivity contribution in [1.29, 1.82) is 0 Å². The van der Waals surface area contributed by atoms with Crippen LogP contribution in [-0.4, -0.2) is 31.1 Å². The minimum Gasteiger partial charge on any atom is -0.465 e. The minimum atomic E-state index is -5.42. The van der Waals surface area contributed by atoms with Gasteiger partial charge >= 0.3 is 12.6 Å². The maximum absolute atomic E-state index is 12.7. The highest BCUT2D eigenvalue weighted by Gasteiger charge is 2.48. The first-order chi connectivity index (χ1) is 26.0. The lowest BCUT2D eigenvalue weighted by Gasteiger charge is -2.08. The lowest BCUT2D eigenvalue weighted by molar-refractivity contribution is -0.0435. The van der Waals surface area contributed by atoms with Gasteiger partial charge in [-0.3, -0.25) is 0 Å². The molecule has 0 aliphatic rings. The van der Waals surface area contributed by atoms with Crippen molar-refractivity contribution >= 4 is 88.2 Å². The zero-order valence-corrected chi connectivity index (χ0v) is 28.6. The van der Waals surface area contributed by atoms with Crippen molar-refractivity contribution in [2.24, 2.45) is 0 Å². The van der Waals surface area contributed by atoms with E-state index in [9.17, 15) is 21.6 Å². The van der Waals surface area contributed by atoms with Crippen LogP contribution in [-0.2, 0) is 9.84 Å².